The predicted molar refractivity (Wildman–Crippen MR) is 227 cm³/mol. The lowest BCUT2D eigenvalue weighted by atomic mass is 9.68. The van der Waals surface area contributed by atoms with Gasteiger partial charge in [0.25, 0.3) is 0 Å². The molecule has 0 atom stereocenters. The van der Waals surface area contributed by atoms with E-state index >= 15 is 0 Å². The Morgan fingerprint density at radius 3 is 1.56 bits per heavy atom. The zero-order chi connectivity index (χ0) is 35.9. The van der Waals surface area contributed by atoms with Gasteiger partial charge >= 0.3 is 0 Å². The first-order valence-corrected chi connectivity index (χ1v) is 18.7. The highest BCUT2D eigenvalue weighted by molar-refractivity contribution is 6.02. The van der Waals surface area contributed by atoms with E-state index in [0.29, 0.717) is 0 Å². The Morgan fingerprint density at radius 2 is 0.833 bits per heavy atom. The van der Waals surface area contributed by atoms with Crippen molar-refractivity contribution < 1.29 is 0 Å². The third-order valence-electron chi connectivity index (χ3n) is 11.1. The third-order valence-corrected chi connectivity index (χ3v) is 11.1. The molecule has 0 aliphatic heterocycles. The molecule has 0 heterocycles. The second-order valence-electron chi connectivity index (χ2n) is 14.0. The Morgan fingerprint density at radius 1 is 0.315 bits per heavy atom. The van der Waals surface area contributed by atoms with Gasteiger partial charge in [-0.05, 0) is 79.5 Å². The van der Waals surface area contributed by atoms with Gasteiger partial charge in [-0.25, -0.2) is 0 Å². The van der Waals surface area contributed by atoms with Crippen molar-refractivity contribution in [3.8, 4) is 33.4 Å². The summed E-state index contributed by atoms with van der Waals surface area (Å²) in [5.41, 5.74) is 15.3. The van der Waals surface area contributed by atoms with Crippen LogP contribution in [0, 0.1) is 0 Å². The summed E-state index contributed by atoms with van der Waals surface area (Å²) >= 11 is 0. The summed E-state index contributed by atoms with van der Waals surface area (Å²) in [6.07, 6.45) is 0. The van der Waals surface area contributed by atoms with E-state index in [4.69, 9.17) is 0 Å². The van der Waals surface area contributed by atoms with Gasteiger partial charge in [0, 0.05) is 16.8 Å². The summed E-state index contributed by atoms with van der Waals surface area (Å²) in [5.74, 6) is 0. The van der Waals surface area contributed by atoms with Crippen LogP contribution in [0.5, 0.6) is 0 Å². The van der Waals surface area contributed by atoms with Gasteiger partial charge in [0.1, 0.15) is 0 Å². The molecule has 0 amide bonds. The van der Waals surface area contributed by atoms with E-state index in [1.54, 1.807) is 0 Å². The number of para-hydroxylation sites is 1. The van der Waals surface area contributed by atoms with E-state index in [0.717, 1.165) is 17.1 Å². The van der Waals surface area contributed by atoms with Gasteiger partial charge in [0.2, 0.25) is 0 Å². The summed E-state index contributed by atoms with van der Waals surface area (Å²) < 4.78 is 0. The van der Waals surface area contributed by atoms with Crippen molar-refractivity contribution in [2.45, 2.75) is 5.41 Å². The highest BCUT2D eigenvalue weighted by atomic mass is 15.1. The van der Waals surface area contributed by atoms with E-state index in [9.17, 15) is 0 Å². The van der Waals surface area contributed by atoms with Gasteiger partial charge in [-0.1, -0.05) is 200 Å². The van der Waals surface area contributed by atoms with Gasteiger partial charge < -0.3 is 4.90 Å². The molecule has 9 aromatic carbocycles. The average Bonchev–Trinajstić information content (AvgIpc) is 3.56. The molecule has 1 aliphatic rings. The van der Waals surface area contributed by atoms with Crippen LogP contribution in [0.3, 0.4) is 0 Å². The first kappa shape index (κ1) is 31.7. The molecule has 1 aliphatic carbocycles. The number of fused-ring (bicyclic) bond motifs is 4. The number of anilines is 3. The van der Waals surface area contributed by atoms with E-state index < -0.39 is 5.41 Å². The minimum atomic E-state index is -0.501. The monoisotopic (exact) mass is 687 g/mol. The Balaban J connectivity index is 1.30. The maximum Gasteiger partial charge on any atom is 0.0714 e. The molecule has 0 unspecified atom stereocenters. The quantitative estimate of drug-likeness (QED) is 0.161. The van der Waals surface area contributed by atoms with Crippen molar-refractivity contribution in [3.05, 3.63) is 247 Å². The first-order chi connectivity index (χ1) is 26.8. The zero-order valence-corrected chi connectivity index (χ0v) is 29.8. The van der Waals surface area contributed by atoms with Crippen LogP contribution in [-0.2, 0) is 5.41 Å². The van der Waals surface area contributed by atoms with Crippen LogP contribution >= 0.6 is 0 Å². The molecule has 1 nitrogen and oxygen atoms in total. The molecule has 0 saturated heterocycles. The Labute approximate surface area is 317 Å². The molecule has 54 heavy (non-hydrogen) atoms. The van der Waals surface area contributed by atoms with E-state index in [-0.39, 0.29) is 0 Å². The van der Waals surface area contributed by atoms with Crippen LogP contribution < -0.4 is 4.90 Å². The standard InChI is InChI=1S/C53H37N/c1-4-20-39(21-5-1)44-27-12-13-28-45(44)46-29-15-17-33-50(46)54(43-36-35-38-19-10-11-22-40(38)37-43)51-34-18-32-49-52(51)47-30-14-16-31-48(47)53(49,41-23-6-2-7-24-41)42-25-8-3-9-26-42/h1-37H. The van der Waals surface area contributed by atoms with Crippen LogP contribution in [0.25, 0.3) is 44.2 Å². The lowest BCUT2D eigenvalue weighted by molar-refractivity contribution is 0.768. The SMILES string of the molecule is c1ccc(-c2ccccc2-c2ccccc2N(c2ccc3ccccc3c2)c2cccc3c2-c2ccccc2C3(c2ccccc2)c2ccccc2)cc1. The first-order valence-electron chi connectivity index (χ1n) is 18.7. The molecular formula is C53H37N. The molecule has 0 saturated carbocycles. The van der Waals surface area contributed by atoms with Crippen molar-refractivity contribution >= 4 is 27.8 Å². The number of nitrogens with zero attached hydrogens (tertiary/aromatic N) is 1. The van der Waals surface area contributed by atoms with Gasteiger partial charge in [-0.3, -0.25) is 0 Å². The van der Waals surface area contributed by atoms with Crippen LogP contribution in [-0.4, -0.2) is 0 Å². The maximum atomic E-state index is 2.51. The molecule has 10 rings (SSSR count). The highest BCUT2D eigenvalue weighted by Gasteiger charge is 2.47. The Hall–Kier alpha value is -6.96. The molecular weight excluding hydrogens is 651 g/mol. The van der Waals surface area contributed by atoms with Gasteiger partial charge in [-0.2, -0.15) is 0 Å². The smallest absolute Gasteiger partial charge is 0.0714 e. The maximum absolute atomic E-state index is 2.51. The topological polar surface area (TPSA) is 3.24 Å². The van der Waals surface area contributed by atoms with Crippen molar-refractivity contribution in [1.82, 2.24) is 0 Å². The zero-order valence-electron chi connectivity index (χ0n) is 29.8. The molecule has 0 fully saturated rings. The summed E-state index contributed by atoms with van der Waals surface area (Å²) in [7, 11) is 0. The van der Waals surface area contributed by atoms with Gasteiger partial charge in [-0.15, -0.1) is 0 Å². The minimum Gasteiger partial charge on any atom is -0.309 e. The number of benzene rings is 9. The lowest BCUT2D eigenvalue weighted by Gasteiger charge is -2.34. The second kappa shape index (κ2) is 13.2. The van der Waals surface area contributed by atoms with Crippen LogP contribution in [0.2, 0.25) is 0 Å². The van der Waals surface area contributed by atoms with Crippen LogP contribution in [0.1, 0.15) is 22.3 Å². The predicted octanol–water partition coefficient (Wildman–Crippen LogP) is 14.0. The number of rotatable bonds is 7. The molecule has 254 valence electrons. The minimum absolute atomic E-state index is 0.501. The van der Waals surface area contributed by atoms with E-state index in [1.165, 1.54) is 66.4 Å². The second-order valence-corrected chi connectivity index (χ2v) is 14.0. The average molecular weight is 688 g/mol. The van der Waals surface area contributed by atoms with Crippen molar-refractivity contribution in [1.29, 1.82) is 0 Å². The summed E-state index contributed by atoms with van der Waals surface area (Å²) in [6, 6.07) is 82.1. The Bertz CT molecular complexity index is 2730. The summed E-state index contributed by atoms with van der Waals surface area (Å²) in [4.78, 5) is 2.51. The lowest BCUT2D eigenvalue weighted by Crippen LogP contribution is -2.28. The molecule has 9 aromatic rings. The number of hydrogen-bond donors (Lipinski definition) is 0. The summed E-state index contributed by atoms with van der Waals surface area (Å²) in [6.45, 7) is 0. The van der Waals surface area contributed by atoms with Crippen molar-refractivity contribution in [2.24, 2.45) is 0 Å². The van der Waals surface area contributed by atoms with Gasteiger partial charge in [0.15, 0.2) is 0 Å². The molecule has 0 bridgehead atoms. The highest BCUT2D eigenvalue weighted by Crippen LogP contribution is 2.60. The normalized spacial score (nSPS) is 12.6. The number of hydrogen-bond acceptors (Lipinski definition) is 1. The summed E-state index contributed by atoms with van der Waals surface area (Å²) in [5, 5.41) is 2.43. The van der Waals surface area contributed by atoms with Crippen molar-refractivity contribution in [2.75, 3.05) is 4.90 Å². The fourth-order valence-electron chi connectivity index (χ4n) is 8.87. The fraction of sp³-hybridized carbons (Fsp3) is 0.0189. The van der Waals surface area contributed by atoms with Crippen LogP contribution in [0.15, 0.2) is 224 Å². The van der Waals surface area contributed by atoms with E-state index in [2.05, 4.69) is 229 Å². The van der Waals surface area contributed by atoms with Crippen LogP contribution in [0.4, 0.5) is 17.1 Å². The molecule has 0 radical (unpaired) electrons. The third kappa shape index (κ3) is 5.01. The molecule has 0 N–H and O–H groups in total. The Kier molecular flexibility index (Phi) is 7.78. The largest absolute Gasteiger partial charge is 0.309 e. The van der Waals surface area contributed by atoms with E-state index in [1.807, 2.05) is 0 Å². The fourth-order valence-corrected chi connectivity index (χ4v) is 8.87. The molecule has 0 spiro atoms. The molecule has 1 heteroatoms. The molecule has 0 aromatic heterocycles. The van der Waals surface area contributed by atoms with Crippen molar-refractivity contribution in [3.63, 3.8) is 0 Å². The van der Waals surface area contributed by atoms with Gasteiger partial charge in [0.05, 0.1) is 16.8 Å².